The Morgan fingerprint density at radius 1 is 1.00 bits per heavy atom. The van der Waals surface area contributed by atoms with Crippen LogP contribution in [0, 0.1) is 0 Å². The second-order valence-electron chi connectivity index (χ2n) is 8.70. The van der Waals surface area contributed by atoms with Crippen LogP contribution in [0.4, 0.5) is 0 Å². The lowest BCUT2D eigenvalue weighted by atomic mass is 9.92. The van der Waals surface area contributed by atoms with Gasteiger partial charge in [0, 0.05) is 37.9 Å². The van der Waals surface area contributed by atoms with Gasteiger partial charge in [-0.15, -0.1) is 0 Å². The van der Waals surface area contributed by atoms with Gasteiger partial charge in [0.25, 0.3) is 11.5 Å². The second kappa shape index (κ2) is 9.50. The Hall–Kier alpha value is -3.94. The molecule has 0 saturated heterocycles. The van der Waals surface area contributed by atoms with Crippen molar-refractivity contribution in [2.45, 2.75) is 12.5 Å². The number of nitrogens with one attached hydrogen (secondary N) is 1. The molecule has 1 N–H and O–H groups in total. The van der Waals surface area contributed by atoms with Crippen molar-refractivity contribution < 1.29 is 9.21 Å². The summed E-state index contributed by atoms with van der Waals surface area (Å²) in [5.74, 6) is 0.246. The van der Waals surface area contributed by atoms with Gasteiger partial charge in [-0.25, -0.2) is 5.01 Å². The highest BCUT2D eigenvalue weighted by Crippen LogP contribution is 2.38. The Labute approximate surface area is 225 Å². The molecule has 3 aromatic carbocycles. The van der Waals surface area contributed by atoms with Crippen molar-refractivity contribution >= 4 is 50.1 Å². The molecule has 1 atom stereocenters. The maximum absolute atomic E-state index is 13.6. The number of aromatic nitrogens is 1. The molecule has 1 aliphatic rings. The summed E-state index contributed by atoms with van der Waals surface area (Å²) in [6.45, 7) is 0. The number of halogens is 2. The Balaban J connectivity index is 1.57. The summed E-state index contributed by atoms with van der Waals surface area (Å²) in [6.07, 6.45) is 1.87. The fourth-order valence-corrected chi connectivity index (χ4v) is 5.30. The van der Waals surface area contributed by atoms with E-state index in [4.69, 9.17) is 21.1 Å². The first-order chi connectivity index (χ1) is 18.0. The van der Waals surface area contributed by atoms with E-state index in [1.54, 1.807) is 42.7 Å². The van der Waals surface area contributed by atoms with Crippen LogP contribution in [-0.4, -0.2) is 21.6 Å². The van der Waals surface area contributed by atoms with E-state index in [1.165, 1.54) is 5.01 Å². The maximum Gasteiger partial charge on any atom is 0.274 e. The van der Waals surface area contributed by atoms with Gasteiger partial charge in [0.15, 0.2) is 0 Å². The summed E-state index contributed by atoms with van der Waals surface area (Å²) in [5.41, 5.74) is 3.40. The lowest BCUT2D eigenvalue weighted by Gasteiger charge is -2.20. The number of pyridine rings is 1. The van der Waals surface area contributed by atoms with Crippen LogP contribution in [0.3, 0.4) is 0 Å². The van der Waals surface area contributed by atoms with Crippen molar-refractivity contribution in [2.75, 3.05) is 0 Å². The molecule has 37 heavy (non-hydrogen) atoms. The maximum atomic E-state index is 13.6. The minimum atomic E-state index is -0.516. The van der Waals surface area contributed by atoms with E-state index in [0.29, 0.717) is 39.6 Å². The fourth-order valence-electron chi connectivity index (χ4n) is 4.75. The predicted molar refractivity (Wildman–Crippen MR) is 148 cm³/mol. The molecule has 0 spiro atoms. The first kappa shape index (κ1) is 23.5. The molecule has 6 rings (SSSR count). The number of fused-ring (bicyclic) bond motifs is 1. The van der Waals surface area contributed by atoms with E-state index in [1.807, 2.05) is 48.5 Å². The highest BCUT2D eigenvalue weighted by molar-refractivity contribution is 9.10. The zero-order valence-electron chi connectivity index (χ0n) is 19.3. The van der Waals surface area contributed by atoms with Gasteiger partial charge in [0.05, 0.1) is 17.5 Å². The molecule has 0 fully saturated rings. The van der Waals surface area contributed by atoms with Crippen molar-refractivity contribution in [3.8, 4) is 11.1 Å². The van der Waals surface area contributed by atoms with E-state index >= 15 is 0 Å². The van der Waals surface area contributed by atoms with Gasteiger partial charge in [-0.2, -0.15) is 5.10 Å². The van der Waals surface area contributed by atoms with Crippen molar-refractivity contribution in [3.63, 3.8) is 0 Å². The van der Waals surface area contributed by atoms with Crippen LogP contribution in [-0.2, 0) is 0 Å². The zero-order chi connectivity index (χ0) is 25.5. The highest BCUT2D eigenvalue weighted by atomic mass is 79.9. The number of furan rings is 1. The Morgan fingerprint density at radius 3 is 2.59 bits per heavy atom. The van der Waals surface area contributed by atoms with E-state index in [2.05, 4.69) is 20.9 Å². The number of rotatable bonds is 4. The molecule has 8 heteroatoms. The average Bonchev–Trinajstić information content (AvgIpc) is 3.59. The second-order valence-corrected chi connectivity index (χ2v) is 10.1. The summed E-state index contributed by atoms with van der Waals surface area (Å²) < 4.78 is 6.57. The number of H-pyrrole nitrogens is 1. The quantitative estimate of drug-likeness (QED) is 0.247. The number of benzene rings is 3. The lowest BCUT2D eigenvalue weighted by Crippen LogP contribution is -2.26. The molecule has 0 aliphatic carbocycles. The summed E-state index contributed by atoms with van der Waals surface area (Å²) >= 11 is 9.72. The molecule has 3 heterocycles. The molecule has 1 amide bonds. The van der Waals surface area contributed by atoms with Crippen molar-refractivity contribution in [1.29, 1.82) is 0 Å². The molecule has 0 unspecified atom stereocenters. The van der Waals surface area contributed by atoms with Crippen LogP contribution in [0.2, 0.25) is 5.02 Å². The van der Waals surface area contributed by atoms with E-state index < -0.39 is 6.04 Å². The van der Waals surface area contributed by atoms with E-state index in [0.717, 1.165) is 21.0 Å². The molecular weight excluding hydrogens is 554 g/mol. The topological polar surface area (TPSA) is 78.7 Å². The van der Waals surface area contributed by atoms with E-state index in [9.17, 15) is 9.59 Å². The average molecular weight is 573 g/mol. The fraction of sp³-hybridized carbons (Fsp3) is 0.0690. The van der Waals surface area contributed by atoms with Gasteiger partial charge in [-0.3, -0.25) is 9.59 Å². The first-order valence-electron chi connectivity index (χ1n) is 11.6. The number of carbonyl (C=O) groups is 1. The van der Waals surface area contributed by atoms with Gasteiger partial charge < -0.3 is 9.40 Å². The van der Waals surface area contributed by atoms with Gasteiger partial charge in [0.1, 0.15) is 11.8 Å². The first-order valence-corrected chi connectivity index (χ1v) is 12.8. The molecule has 0 radical (unpaired) electrons. The molecule has 6 nitrogen and oxygen atoms in total. The molecular formula is C29H19BrClN3O3. The smallest absolute Gasteiger partial charge is 0.274 e. The van der Waals surface area contributed by atoms with Crippen LogP contribution in [0.15, 0.2) is 110 Å². The Bertz CT molecular complexity index is 1730. The monoisotopic (exact) mass is 571 g/mol. The summed E-state index contributed by atoms with van der Waals surface area (Å²) in [7, 11) is 0. The van der Waals surface area contributed by atoms with Crippen molar-refractivity contribution in [3.05, 3.63) is 128 Å². The zero-order valence-corrected chi connectivity index (χ0v) is 21.7. The Morgan fingerprint density at radius 2 is 1.84 bits per heavy atom. The molecule has 182 valence electrons. The number of nitrogens with zero attached hydrogens (tertiary/aromatic N) is 2. The predicted octanol–water partition coefficient (Wildman–Crippen LogP) is 7.20. The normalized spacial score (nSPS) is 15.2. The third-order valence-corrected chi connectivity index (χ3v) is 7.12. The highest BCUT2D eigenvalue weighted by Gasteiger charge is 2.37. The standard InChI is InChI=1S/C29H19BrClN3O3/c30-19-11-12-22-21(15-19)26(17-6-2-1-3-7-17)27(28(35)32-22)23-16-24(25-10-5-13-37-25)34(33-23)29(36)18-8-4-9-20(31)14-18/h1-15,24H,16H2,(H,32,35)/t24-/m0/s1. The summed E-state index contributed by atoms with van der Waals surface area (Å²) in [5, 5.41) is 7.45. The number of amides is 1. The number of hydrazone groups is 1. The van der Waals surface area contributed by atoms with E-state index in [-0.39, 0.29) is 11.5 Å². The molecule has 5 aromatic rings. The number of hydrogen-bond donors (Lipinski definition) is 1. The number of hydrogen-bond acceptors (Lipinski definition) is 4. The largest absolute Gasteiger partial charge is 0.467 e. The van der Waals surface area contributed by atoms with Gasteiger partial charge >= 0.3 is 0 Å². The lowest BCUT2D eigenvalue weighted by molar-refractivity contribution is 0.0693. The number of aromatic amines is 1. The minimum absolute atomic E-state index is 0.275. The third kappa shape index (κ3) is 4.30. The summed E-state index contributed by atoms with van der Waals surface area (Å²) in [6, 6.07) is 25.2. The Kier molecular flexibility index (Phi) is 6.02. The SMILES string of the molecule is O=C(c1cccc(Cl)c1)N1N=C(c2c(-c3ccccc3)c3cc(Br)ccc3[nH]c2=O)C[C@H]1c1ccco1. The van der Waals surface area contributed by atoms with Crippen LogP contribution in [0.25, 0.3) is 22.0 Å². The van der Waals surface area contributed by atoms with Crippen molar-refractivity contribution in [1.82, 2.24) is 9.99 Å². The molecule has 2 aromatic heterocycles. The van der Waals surface area contributed by atoms with Crippen LogP contribution < -0.4 is 5.56 Å². The molecule has 0 bridgehead atoms. The van der Waals surface area contributed by atoms with Crippen molar-refractivity contribution in [2.24, 2.45) is 5.10 Å². The van der Waals surface area contributed by atoms with Gasteiger partial charge in [0.2, 0.25) is 0 Å². The van der Waals surface area contributed by atoms with Gasteiger partial charge in [-0.1, -0.05) is 63.9 Å². The molecule has 0 saturated carbocycles. The van der Waals surface area contributed by atoms with Crippen LogP contribution in [0.5, 0.6) is 0 Å². The minimum Gasteiger partial charge on any atom is -0.467 e. The summed E-state index contributed by atoms with van der Waals surface area (Å²) in [4.78, 5) is 30.2. The van der Waals surface area contributed by atoms with Crippen LogP contribution in [0.1, 0.15) is 34.1 Å². The third-order valence-electron chi connectivity index (χ3n) is 6.39. The molecule has 1 aliphatic heterocycles. The number of carbonyl (C=O) groups excluding carboxylic acids is 1. The van der Waals surface area contributed by atoms with Gasteiger partial charge in [-0.05, 0) is 54.1 Å². The van der Waals surface area contributed by atoms with Crippen LogP contribution >= 0.6 is 27.5 Å².